The molecule has 1 aliphatic heterocycles. The first-order chi connectivity index (χ1) is 10.5. The summed E-state index contributed by atoms with van der Waals surface area (Å²) < 4.78 is 21.0. The molecule has 2 aromatic rings. The number of cyclic esters (lactones) is 1. The van der Waals surface area contributed by atoms with Crippen LogP contribution in [0, 0.1) is 6.92 Å². The van der Waals surface area contributed by atoms with Gasteiger partial charge in [0.05, 0.1) is 7.11 Å². The van der Waals surface area contributed by atoms with Gasteiger partial charge in [0.1, 0.15) is 28.8 Å². The van der Waals surface area contributed by atoms with E-state index in [1.165, 1.54) is 0 Å². The second-order valence-electron chi connectivity index (χ2n) is 5.27. The summed E-state index contributed by atoms with van der Waals surface area (Å²) in [5, 5.41) is 0.598. The maximum absolute atomic E-state index is 12.4. The molecule has 0 saturated carbocycles. The van der Waals surface area contributed by atoms with Gasteiger partial charge >= 0.3 is 11.9 Å². The minimum atomic E-state index is -0.863. The molecule has 0 amide bonds. The van der Waals surface area contributed by atoms with Crippen LogP contribution in [0.15, 0.2) is 22.6 Å². The lowest BCUT2D eigenvalue weighted by molar-refractivity contribution is -0.147. The fourth-order valence-electron chi connectivity index (χ4n) is 2.58. The average Bonchev–Trinajstić information content (AvgIpc) is 2.96. The topological polar surface area (TPSA) is 75.0 Å². The van der Waals surface area contributed by atoms with E-state index in [0.29, 0.717) is 34.5 Å². The highest BCUT2D eigenvalue weighted by Gasteiger charge is 2.36. The lowest BCUT2D eigenvalue weighted by atomic mass is 10.1. The normalized spacial score (nSPS) is 21.0. The Morgan fingerprint density at radius 2 is 2.14 bits per heavy atom. The van der Waals surface area contributed by atoms with Crippen molar-refractivity contribution in [2.45, 2.75) is 32.5 Å². The Labute approximate surface area is 126 Å². The molecule has 1 fully saturated rings. The molecule has 1 aromatic heterocycles. The fraction of sp³-hybridized carbons (Fsp3) is 0.375. The summed E-state index contributed by atoms with van der Waals surface area (Å²) in [7, 11) is 1.54. The number of ether oxygens (including phenoxy) is 3. The Morgan fingerprint density at radius 3 is 2.77 bits per heavy atom. The lowest BCUT2D eigenvalue weighted by Crippen LogP contribution is -2.22. The number of carbonyl (C=O) groups is 2. The van der Waals surface area contributed by atoms with Crippen LogP contribution in [0.3, 0.4) is 0 Å². The molecule has 3 rings (SSSR count). The third-order valence-corrected chi connectivity index (χ3v) is 3.65. The molecule has 1 saturated heterocycles. The number of furan rings is 1. The molecule has 0 aliphatic carbocycles. The van der Waals surface area contributed by atoms with Crippen molar-refractivity contribution in [2.24, 2.45) is 0 Å². The molecule has 0 N–H and O–H groups in total. The van der Waals surface area contributed by atoms with Crippen molar-refractivity contribution in [3.05, 3.63) is 29.5 Å². The van der Waals surface area contributed by atoms with Crippen molar-refractivity contribution in [1.29, 1.82) is 0 Å². The quantitative estimate of drug-likeness (QED) is 0.811. The van der Waals surface area contributed by atoms with Crippen LogP contribution in [0.5, 0.6) is 5.75 Å². The zero-order chi connectivity index (χ0) is 15.9. The number of benzene rings is 1. The lowest BCUT2D eigenvalue weighted by Gasteiger charge is -2.08. The molecule has 2 heterocycles. The summed E-state index contributed by atoms with van der Waals surface area (Å²) >= 11 is 0. The van der Waals surface area contributed by atoms with Crippen molar-refractivity contribution in [3.8, 4) is 5.75 Å². The number of esters is 2. The van der Waals surface area contributed by atoms with Crippen LogP contribution in [0.1, 0.15) is 29.5 Å². The molecule has 0 spiro atoms. The summed E-state index contributed by atoms with van der Waals surface area (Å²) in [5.41, 5.74) is 0.869. The van der Waals surface area contributed by atoms with E-state index in [-0.39, 0.29) is 6.10 Å². The zero-order valence-corrected chi connectivity index (χ0v) is 12.5. The summed E-state index contributed by atoms with van der Waals surface area (Å²) in [6, 6.07) is 5.18. The van der Waals surface area contributed by atoms with Gasteiger partial charge in [-0.3, -0.25) is 0 Å². The van der Waals surface area contributed by atoms with Gasteiger partial charge in [0.2, 0.25) is 6.10 Å². The fourth-order valence-corrected chi connectivity index (χ4v) is 2.58. The Hall–Kier alpha value is -2.50. The minimum absolute atomic E-state index is 0.243. The number of fused-ring (bicyclic) bond motifs is 1. The zero-order valence-electron chi connectivity index (χ0n) is 12.5. The van der Waals surface area contributed by atoms with Crippen LogP contribution >= 0.6 is 0 Å². The Bertz CT molecular complexity index is 744. The summed E-state index contributed by atoms with van der Waals surface area (Å²) in [6.07, 6.45) is -0.743. The summed E-state index contributed by atoms with van der Waals surface area (Å²) in [5.74, 6) is -0.0617. The highest BCUT2D eigenvalue weighted by Crippen LogP contribution is 2.30. The van der Waals surface area contributed by atoms with Crippen molar-refractivity contribution >= 4 is 22.9 Å². The van der Waals surface area contributed by atoms with E-state index in [9.17, 15) is 9.59 Å². The Kier molecular flexibility index (Phi) is 3.52. The largest absolute Gasteiger partial charge is 0.497 e. The predicted molar refractivity (Wildman–Crippen MR) is 76.9 cm³/mol. The molecule has 2 unspecified atom stereocenters. The molecule has 6 heteroatoms. The second kappa shape index (κ2) is 5.36. The van der Waals surface area contributed by atoms with Crippen molar-refractivity contribution in [3.63, 3.8) is 0 Å². The van der Waals surface area contributed by atoms with Crippen LogP contribution in [0.25, 0.3) is 11.0 Å². The molecule has 1 aromatic carbocycles. The van der Waals surface area contributed by atoms with Gasteiger partial charge in [0.25, 0.3) is 0 Å². The van der Waals surface area contributed by atoms with E-state index in [0.717, 1.165) is 0 Å². The van der Waals surface area contributed by atoms with Crippen molar-refractivity contribution in [1.82, 2.24) is 0 Å². The molecule has 0 bridgehead atoms. The summed E-state index contributed by atoms with van der Waals surface area (Å²) in [6.45, 7) is 3.44. The minimum Gasteiger partial charge on any atom is -0.497 e. The SMILES string of the molecule is COc1ccc2oc(C)c(C(=O)OC3CC(C)OC3=O)c2c1. The van der Waals surface area contributed by atoms with Gasteiger partial charge in [-0.25, -0.2) is 9.59 Å². The summed E-state index contributed by atoms with van der Waals surface area (Å²) in [4.78, 5) is 24.0. The van der Waals surface area contributed by atoms with E-state index in [4.69, 9.17) is 18.6 Å². The third-order valence-electron chi connectivity index (χ3n) is 3.65. The molecule has 6 nitrogen and oxygen atoms in total. The molecule has 116 valence electrons. The van der Waals surface area contributed by atoms with Crippen LogP contribution in [0.4, 0.5) is 0 Å². The number of hydrogen-bond acceptors (Lipinski definition) is 6. The molecule has 2 atom stereocenters. The van der Waals surface area contributed by atoms with Gasteiger partial charge in [0, 0.05) is 11.8 Å². The maximum atomic E-state index is 12.4. The van der Waals surface area contributed by atoms with E-state index < -0.39 is 18.0 Å². The first kappa shape index (κ1) is 14.4. The highest BCUT2D eigenvalue weighted by molar-refractivity contribution is 6.05. The molecule has 0 radical (unpaired) electrons. The molecular formula is C16H16O6. The predicted octanol–water partition coefficient (Wildman–Crippen LogP) is 2.61. The van der Waals surface area contributed by atoms with E-state index >= 15 is 0 Å². The molecule has 1 aliphatic rings. The smallest absolute Gasteiger partial charge is 0.347 e. The number of rotatable bonds is 3. The van der Waals surface area contributed by atoms with E-state index in [2.05, 4.69) is 0 Å². The number of hydrogen-bond donors (Lipinski definition) is 0. The van der Waals surface area contributed by atoms with Gasteiger partial charge in [-0.15, -0.1) is 0 Å². The average molecular weight is 304 g/mol. The monoisotopic (exact) mass is 304 g/mol. The van der Waals surface area contributed by atoms with E-state index in [1.54, 1.807) is 39.2 Å². The van der Waals surface area contributed by atoms with Crippen LogP contribution < -0.4 is 4.74 Å². The number of methoxy groups -OCH3 is 1. The number of aryl methyl sites for hydroxylation is 1. The molecule has 22 heavy (non-hydrogen) atoms. The van der Waals surface area contributed by atoms with Gasteiger partial charge in [-0.1, -0.05) is 0 Å². The van der Waals surface area contributed by atoms with E-state index in [1.807, 2.05) is 0 Å². The highest BCUT2D eigenvalue weighted by atomic mass is 16.6. The second-order valence-corrected chi connectivity index (χ2v) is 5.27. The van der Waals surface area contributed by atoms with Gasteiger partial charge in [-0.2, -0.15) is 0 Å². The standard InChI is InChI=1S/C16H16O6/c1-8-6-13(15(17)20-8)22-16(18)14-9(2)21-12-5-4-10(19-3)7-11(12)14/h4-5,7-8,13H,6H2,1-3H3. The Balaban J connectivity index is 1.93. The number of carbonyl (C=O) groups excluding carboxylic acids is 2. The van der Waals surface area contributed by atoms with Crippen molar-refractivity contribution < 1.29 is 28.2 Å². The van der Waals surface area contributed by atoms with Crippen molar-refractivity contribution in [2.75, 3.05) is 7.11 Å². The Morgan fingerprint density at radius 1 is 1.36 bits per heavy atom. The first-order valence-electron chi connectivity index (χ1n) is 6.98. The van der Waals surface area contributed by atoms with Gasteiger partial charge in [0.15, 0.2) is 0 Å². The first-order valence-corrected chi connectivity index (χ1v) is 6.98. The van der Waals surface area contributed by atoms with Gasteiger partial charge < -0.3 is 18.6 Å². The third kappa shape index (κ3) is 2.41. The van der Waals surface area contributed by atoms with Crippen LogP contribution in [-0.2, 0) is 14.3 Å². The maximum Gasteiger partial charge on any atom is 0.347 e. The van der Waals surface area contributed by atoms with Gasteiger partial charge in [-0.05, 0) is 32.0 Å². The molecular weight excluding hydrogens is 288 g/mol. The van der Waals surface area contributed by atoms with Crippen LogP contribution in [0.2, 0.25) is 0 Å². The van der Waals surface area contributed by atoms with Crippen LogP contribution in [-0.4, -0.2) is 31.3 Å².